The zero-order valence-electron chi connectivity index (χ0n) is 12.6. The number of anilines is 2. The van der Waals surface area contributed by atoms with Gasteiger partial charge in [0.1, 0.15) is 0 Å². The van der Waals surface area contributed by atoms with E-state index in [1.807, 2.05) is 5.38 Å². The van der Waals surface area contributed by atoms with E-state index in [9.17, 15) is 14.4 Å². The van der Waals surface area contributed by atoms with Crippen LogP contribution in [0.3, 0.4) is 0 Å². The van der Waals surface area contributed by atoms with E-state index in [-0.39, 0.29) is 30.7 Å². The van der Waals surface area contributed by atoms with Crippen LogP contribution in [-0.2, 0) is 9.59 Å². The van der Waals surface area contributed by atoms with E-state index in [1.165, 1.54) is 18.3 Å². The second-order valence-electron chi connectivity index (χ2n) is 4.82. The van der Waals surface area contributed by atoms with Gasteiger partial charge in [-0.05, 0) is 35.7 Å². The van der Waals surface area contributed by atoms with E-state index < -0.39 is 0 Å². The Hall–Kier alpha value is -2.67. The molecule has 0 atom stereocenters. The lowest BCUT2D eigenvalue weighted by Crippen LogP contribution is -2.27. The predicted molar refractivity (Wildman–Crippen MR) is 90.6 cm³/mol. The molecular weight excluding hydrogens is 314 g/mol. The van der Waals surface area contributed by atoms with Gasteiger partial charge >= 0.3 is 0 Å². The van der Waals surface area contributed by atoms with E-state index in [1.54, 1.807) is 35.7 Å². The third kappa shape index (κ3) is 5.55. The lowest BCUT2D eigenvalue weighted by Gasteiger charge is -2.07. The predicted octanol–water partition coefficient (Wildman–Crippen LogP) is 2.47. The van der Waals surface area contributed by atoms with E-state index in [0.717, 1.165) is 0 Å². The van der Waals surface area contributed by atoms with Crippen LogP contribution < -0.4 is 16.0 Å². The van der Waals surface area contributed by atoms with Crippen LogP contribution in [-0.4, -0.2) is 24.3 Å². The second-order valence-corrected chi connectivity index (χ2v) is 5.60. The lowest BCUT2D eigenvalue weighted by atomic mass is 10.2. The highest BCUT2D eigenvalue weighted by atomic mass is 32.1. The Bertz CT molecular complexity index is 681. The molecule has 0 saturated carbocycles. The number of carbonyl (C=O) groups is 3. The van der Waals surface area contributed by atoms with Gasteiger partial charge < -0.3 is 16.0 Å². The van der Waals surface area contributed by atoms with Crippen LogP contribution >= 0.6 is 11.3 Å². The summed E-state index contributed by atoms with van der Waals surface area (Å²) in [6.07, 6.45) is 0.184. The Labute approximate surface area is 137 Å². The van der Waals surface area contributed by atoms with Crippen molar-refractivity contribution in [1.82, 2.24) is 5.32 Å². The number of nitrogens with one attached hydrogen (secondary N) is 3. The Balaban J connectivity index is 1.74. The third-order valence-electron chi connectivity index (χ3n) is 2.91. The smallest absolute Gasteiger partial charge is 0.252 e. The van der Waals surface area contributed by atoms with Crippen molar-refractivity contribution in [2.45, 2.75) is 13.3 Å². The molecule has 0 bridgehead atoms. The molecule has 0 aliphatic rings. The Morgan fingerprint density at radius 2 is 1.65 bits per heavy atom. The van der Waals surface area contributed by atoms with E-state index >= 15 is 0 Å². The van der Waals surface area contributed by atoms with Crippen LogP contribution in [0.15, 0.2) is 41.1 Å². The first-order valence-electron chi connectivity index (χ1n) is 7.02. The second kappa shape index (κ2) is 8.09. The molecule has 6 nitrogen and oxygen atoms in total. The zero-order valence-corrected chi connectivity index (χ0v) is 13.4. The molecule has 1 aromatic heterocycles. The van der Waals surface area contributed by atoms with Gasteiger partial charge in [0.15, 0.2) is 0 Å². The number of thiophene rings is 1. The molecule has 23 heavy (non-hydrogen) atoms. The van der Waals surface area contributed by atoms with Gasteiger partial charge in [0.2, 0.25) is 11.8 Å². The molecule has 0 aliphatic heterocycles. The van der Waals surface area contributed by atoms with Crippen LogP contribution in [0, 0.1) is 0 Å². The van der Waals surface area contributed by atoms with Crippen LogP contribution in [0.1, 0.15) is 23.7 Å². The molecule has 120 valence electrons. The summed E-state index contributed by atoms with van der Waals surface area (Å²) in [5, 5.41) is 11.7. The van der Waals surface area contributed by atoms with Crippen molar-refractivity contribution in [1.29, 1.82) is 0 Å². The normalized spacial score (nSPS) is 9.96. The number of amides is 3. The SMILES string of the molecule is CC(=O)Nc1ccc(NC(=O)CCNC(=O)c2ccsc2)cc1. The quantitative estimate of drug-likeness (QED) is 0.760. The van der Waals surface area contributed by atoms with Crippen LogP contribution in [0.5, 0.6) is 0 Å². The van der Waals surface area contributed by atoms with Gasteiger partial charge in [-0.15, -0.1) is 0 Å². The molecular formula is C16H17N3O3S. The van der Waals surface area contributed by atoms with Crippen LogP contribution in [0.2, 0.25) is 0 Å². The summed E-state index contributed by atoms with van der Waals surface area (Å²) >= 11 is 1.45. The molecule has 7 heteroatoms. The van der Waals surface area contributed by atoms with Crippen molar-refractivity contribution in [3.05, 3.63) is 46.7 Å². The molecule has 0 radical (unpaired) electrons. The van der Waals surface area contributed by atoms with Gasteiger partial charge in [0, 0.05) is 42.2 Å². The van der Waals surface area contributed by atoms with Gasteiger partial charge in [-0.25, -0.2) is 0 Å². The molecule has 0 saturated heterocycles. The Morgan fingerprint density at radius 1 is 1.00 bits per heavy atom. The Morgan fingerprint density at radius 3 is 2.22 bits per heavy atom. The van der Waals surface area contributed by atoms with Gasteiger partial charge in [-0.2, -0.15) is 11.3 Å². The van der Waals surface area contributed by atoms with E-state index in [0.29, 0.717) is 16.9 Å². The van der Waals surface area contributed by atoms with E-state index in [4.69, 9.17) is 0 Å². The Kier molecular flexibility index (Phi) is 5.87. The molecule has 2 rings (SSSR count). The van der Waals surface area contributed by atoms with Crippen LogP contribution in [0.25, 0.3) is 0 Å². The maximum Gasteiger partial charge on any atom is 0.252 e. The van der Waals surface area contributed by atoms with Gasteiger partial charge in [-0.3, -0.25) is 14.4 Å². The highest BCUT2D eigenvalue weighted by Crippen LogP contribution is 2.13. The number of hydrogen-bond donors (Lipinski definition) is 3. The molecule has 2 aromatic rings. The molecule has 3 amide bonds. The fourth-order valence-corrected chi connectivity index (χ4v) is 2.48. The molecule has 0 aliphatic carbocycles. The van der Waals surface area contributed by atoms with Crippen molar-refractivity contribution < 1.29 is 14.4 Å². The average molecular weight is 331 g/mol. The van der Waals surface area contributed by atoms with Gasteiger partial charge in [-0.1, -0.05) is 0 Å². The summed E-state index contributed by atoms with van der Waals surface area (Å²) in [4.78, 5) is 34.4. The van der Waals surface area contributed by atoms with Gasteiger partial charge in [0.05, 0.1) is 0 Å². The number of carbonyl (C=O) groups excluding carboxylic acids is 3. The topological polar surface area (TPSA) is 87.3 Å². The maximum atomic E-state index is 11.8. The number of hydrogen-bond acceptors (Lipinski definition) is 4. The molecule has 1 heterocycles. The lowest BCUT2D eigenvalue weighted by molar-refractivity contribution is -0.116. The summed E-state index contributed by atoms with van der Waals surface area (Å²) in [6, 6.07) is 8.54. The van der Waals surface area contributed by atoms with E-state index in [2.05, 4.69) is 16.0 Å². The first kappa shape index (κ1) is 16.7. The third-order valence-corrected chi connectivity index (χ3v) is 3.59. The monoisotopic (exact) mass is 331 g/mol. The van der Waals surface area contributed by atoms with Crippen molar-refractivity contribution in [3.63, 3.8) is 0 Å². The summed E-state index contributed by atoms with van der Waals surface area (Å²) < 4.78 is 0. The van der Waals surface area contributed by atoms with Gasteiger partial charge in [0.25, 0.3) is 5.91 Å². The molecule has 0 fully saturated rings. The fourth-order valence-electron chi connectivity index (χ4n) is 1.85. The first-order valence-corrected chi connectivity index (χ1v) is 7.97. The summed E-state index contributed by atoms with van der Waals surface area (Å²) in [6.45, 7) is 1.70. The number of benzene rings is 1. The van der Waals surface area contributed by atoms with Crippen molar-refractivity contribution in [3.8, 4) is 0 Å². The fraction of sp³-hybridized carbons (Fsp3) is 0.188. The zero-order chi connectivity index (χ0) is 16.7. The number of rotatable bonds is 6. The standard InChI is InChI=1S/C16H17N3O3S/c1-11(20)18-13-2-4-14(5-3-13)19-15(21)6-8-17-16(22)12-7-9-23-10-12/h2-5,7,9-10H,6,8H2,1H3,(H,17,22)(H,18,20)(H,19,21). The van der Waals surface area contributed by atoms with Crippen molar-refractivity contribution in [2.75, 3.05) is 17.2 Å². The van der Waals surface area contributed by atoms with Crippen molar-refractivity contribution in [2.24, 2.45) is 0 Å². The highest BCUT2D eigenvalue weighted by molar-refractivity contribution is 7.08. The minimum atomic E-state index is -0.192. The largest absolute Gasteiger partial charge is 0.351 e. The molecule has 1 aromatic carbocycles. The molecule has 0 spiro atoms. The molecule has 3 N–H and O–H groups in total. The van der Waals surface area contributed by atoms with Crippen LogP contribution in [0.4, 0.5) is 11.4 Å². The highest BCUT2D eigenvalue weighted by Gasteiger charge is 2.07. The van der Waals surface area contributed by atoms with Crippen molar-refractivity contribution >= 4 is 40.4 Å². The average Bonchev–Trinajstić information content (AvgIpc) is 3.03. The molecule has 0 unspecified atom stereocenters. The minimum absolute atomic E-state index is 0.150. The first-order chi connectivity index (χ1) is 11.0. The minimum Gasteiger partial charge on any atom is -0.351 e. The summed E-state index contributed by atoms with van der Waals surface area (Å²) in [5.74, 6) is -0.523. The maximum absolute atomic E-state index is 11.8. The summed E-state index contributed by atoms with van der Waals surface area (Å²) in [7, 11) is 0. The summed E-state index contributed by atoms with van der Waals surface area (Å²) in [5.41, 5.74) is 1.90.